The number of furan rings is 1. The summed E-state index contributed by atoms with van der Waals surface area (Å²) in [5.41, 5.74) is 0.208. The number of likely N-dealkylation sites (tertiary alicyclic amines) is 1. The first-order valence-corrected chi connectivity index (χ1v) is 6.48. The molecule has 0 aromatic carbocycles. The summed E-state index contributed by atoms with van der Waals surface area (Å²) in [7, 11) is 0. The molecule has 3 rings (SSSR count). The molecule has 3 heterocycles. The molecule has 0 radical (unpaired) electrons. The zero-order valence-corrected chi connectivity index (χ0v) is 10.5. The van der Waals surface area contributed by atoms with Gasteiger partial charge in [0.05, 0.1) is 18.7 Å². The van der Waals surface area contributed by atoms with Gasteiger partial charge in [0.25, 0.3) is 0 Å². The van der Waals surface area contributed by atoms with Gasteiger partial charge in [0.15, 0.2) is 0 Å². The molecule has 2 saturated heterocycles. The van der Waals surface area contributed by atoms with Crippen molar-refractivity contribution in [3.05, 3.63) is 23.7 Å². The van der Waals surface area contributed by atoms with Crippen LogP contribution in [0.1, 0.15) is 29.0 Å². The van der Waals surface area contributed by atoms with Gasteiger partial charge < -0.3 is 14.8 Å². The summed E-state index contributed by atoms with van der Waals surface area (Å²) in [4.78, 5) is 24.9. The Labute approximate surface area is 110 Å². The van der Waals surface area contributed by atoms with E-state index in [1.165, 1.54) is 12.3 Å². The second-order valence-corrected chi connectivity index (χ2v) is 5.09. The van der Waals surface area contributed by atoms with Crippen LogP contribution in [0.3, 0.4) is 0 Å². The maximum absolute atomic E-state index is 11.7. The first kappa shape index (κ1) is 12.2. The topological polar surface area (TPSA) is 82.8 Å². The Balaban J connectivity index is 1.77. The van der Waals surface area contributed by atoms with Gasteiger partial charge in [-0.3, -0.25) is 9.69 Å². The van der Waals surface area contributed by atoms with Crippen LogP contribution in [0.2, 0.25) is 0 Å². The number of nitrogens with zero attached hydrogens (tertiary/aromatic N) is 1. The van der Waals surface area contributed by atoms with Gasteiger partial charge >= 0.3 is 5.97 Å². The van der Waals surface area contributed by atoms with Crippen molar-refractivity contribution in [2.75, 3.05) is 13.1 Å². The summed E-state index contributed by atoms with van der Waals surface area (Å²) in [6.45, 7) is 1.97. The number of piperidine rings is 1. The Morgan fingerprint density at radius 2 is 2.42 bits per heavy atom. The fourth-order valence-corrected chi connectivity index (χ4v) is 3.07. The molecule has 2 atom stereocenters. The molecule has 0 bridgehead atoms. The van der Waals surface area contributed by atoms with Gasteiger partial charge in [-0.25, -0.2) is 4.79 Å². The van der Waals surface area contributed by atoms with Gasteiger partial charge in [-0.05, 0) is 25.5 Å². The molecule has 0 spiro atoms. The summed E-state index contributed by atoms with van der Waals surface area (Å²) in [6.07, 6.45) is 3.27. The van der Waals surface area contributed by atoms with Crippen molar-refractivity contribution in [3.63, 3.8) is 0 Å². The molecule has 2 aliphatic heterocycles. The minimum Gasteiger partial charge on any atom is -0.478 e. The number of carboxylic acid groups (broad SMARTS) is 1. The lowest BCUT2D eigenvalue weighted by atomic mass is 9.91. The van der Waals surface area contributed by atoms with Gasteiger partial charge in [-0.15, -0.1) is 0 Å². The zero-order chi connectivity index (χ0) is 13.4. The number of amides is 1. The SMILES string of the molecule is O=C(O)c1ccoc1CN1CCCC2C(=O)NCC21. The van der Waals surface area contributed by atoms with E-state index in [0.717, 1.165) is 19.4 Å². The molecule has 6 heteroatoms. The molecule has 2 N–H and O–H groups in total. The minimum absolute atomic E-state index is 0.0389. The van der Waals surface area contributed by atoms with Gasteiger partial charge in [0.2, 0.25) is 5.91 Å². The monoisotopic (exact) mass is 264 g/mol. The van der Waals surface area contributed by atoms with E-state index in [0.29, 0.717) is 18.8 Å². The highest BCUT2D eigenvalue weighted by Crippen LogP contribution is 2.29. The minimum atomic E-state index is -0.974. The van der Waals surface area contributed by atoms with Crippen LogP contribution in [0.5, 0.6) is 0 Å². The Morgan fingerprint density at radius 1 is 1.58 bits per heavy atom. The van der Waals surface area contributed by atoms with Gasteiger partial charge in [0, 0.05) is 12.6 Å². The molecule has 1 aromatic heterocycles. The second-order valence-electron chi connectivity index (χ2n) is 5.09. The molecular weight excluding hydrogens is 248 g/mol. The van der Waals surface area contributed by atoms with E-state index in [4.69, 9.17) is 9.52 Å². The smallest absolute Gasteiger partial charge is 0.339 e. The van der Waals surface area contributed by atoms with Crippen molar-refractivity contribution >= 4 is 11.9 Å². The first-order valence-electron chi connectivity index (χ1n) is 6.48. The average Bonchev–Trinajstić information content (AvgIpc) is 2.98. The van der Waals surface area contributed by atoms with Crippen LogP contribution in [-0.4, -0.2) is 41.0 Å². The molecular formula is C13H16N2O4. The van der Waals surface area contributed by atoms with E-state index < -0.39 is 5.97 Å². The predicted molar refractivity (Wildman–Crippen MR) is 65.6 cm³/mol. The number of hydrogen-bond donors (Lipinski definition) is 2. The van der Waals surface area contributed by atoms with Gasteiger partial charge in [0.1, 0.15) is 11.3 Å². The number of hydrogen-bond acceptors (Lipinski definition) is 4. The number of carbonyl (C=O) groups is 2. The summed E-state index contributed by atoms with van der Waals surface area (Å²) in [5, 5.41) is 11.9. The summed E-state index contributed by atoms with van der Waals surface area (Å²) in [6, 6.07) is 1.63. The zero-order valence-electron chi connectivity index (χ0n) is 10.5. The summed E-state index contributed by atoms with van der Waals surface area (Å²) >= 11 is 0. The first-order chi connectivity index (χ1) is 9.16. The number of aromatic carboxylic acids is 1. The van der Waals surface area contributed by atoms with E-state index >= 15 is 0 Å². The van der Waals surface area contributed by atoms with E-state index in [9.17, 15) is 9.59 Å². The molecule has 2 aliphatic rings. The van der Waals surface area contributed by atoms with E-state index in [1.807, 2.05) is 0 Å². The van der Waals surface area contributed by atoms with E-state index in [1.54, 1.807) is 0 Å². The highest BCUT2D eigenvalue weighted by atomic mass is 16.4. The number of carboxylic acids is 1. The fourth-order valence-electron chi connectivity index (χ4n) is 3.07. The van der Waals surface area contributed by atoms with Crippen LogP contribution in [0.15, 0.2) is 16.7 Å². The van der Waals surface area contributed by atoms with Crippen molar-refractivity contribution in [2.45, 2.75) is 25.4 Å². The van der Waals surface area contributed by atoms with E-state index in [2.05, 4.69) is 10.2 Å². The lowest BCUT2D eigenvalue weighted by Crippen LogP contribution is -2.45. The summed E-state index contributed by atoms with van der Waals surface area (Å²) in [5.74, 6) is -0.352. The van der Waals surface area contributed by atoms with Gasteiger partial charge in [-0.1, -0.05) is 0 Å². The molecule has 0 saturated carbocycles. The molecule has 102 valence electrons. The second kappa shape index (κ2) is 4.70. The normalized spacial score (nSPS) is 27.1. The third-order valence-electron chi connectivity index (χ3n) is 4.04. The van der Waals surface area contributed by atoms with Crippen molar-refractivity contribution in [1.82, 2.24) is 10.2 Å². The van der Waals surface area contributed by atoms with Crippen molar-refractivity contribution in [3.8, 4) is 0 Å². The predicted octanol–water partition coefficient (Wildman–Crippen LogP) is 0.688. The summed E-state index contributed by atoms with van der Waals surface area (Å²) < 4.78 is 5.28. The number of fused-ring (bicyclic) bond motifs is 1. The number of carbonyl (C=O) groups excluding carboxylic acids is 1. The Bertz CT molecular complexity index is 510. The highest BCUT2D eigenvalue weighted by Gasteiger charge is 2.41. The molecule has 19 heavy (non-hydrogen) atoms. The maximum Gasteiger partial charge on any atom is 0.339 e. The largest absolute Gasteiger partial charge is 0.478 e. The lowest BCUT2D eigenvalue weighted by molar-refractivity contribution is -0.124. The Morgan fingerprint density at radius 3 is 3.21 bits per heavy atom. The highest BCUT2D eigenvalue weighted by molar-refractivity contribution is 5.88. The van der Waals surface area contributed by atoms with Crippen LogP contribution in [0, 0.1) is 5.92 Å². The van der Waals surface area contributed by atoms with Crippen molar-refractivity contribution in [1.29, 1.82) is 0 Å². The molecule has 2 fully saturated rings. The Kier molecular flexibility index (Phi) is 3.02. The van der Waals surface area contributed by atoms with Crippen LogP contribution in [0.4, 0.5) is 0 Å². The third kappa shape index (κ3) is 2.12. The average molecular weight is 264 g/mol. The van der Waals surface area contributed by atoms with Crippen molar-refractivity contribution < 1.29 is 19.1 Å². The van der Waals surface area contributed by atoms with Crippen LogP contribution < -0.4 is 5.32 Å². The molecule has 2 unspecified atom stereocenters. The molecule has 1 amide bonds. The molecule has 1 aromatic rings. The Hall–Kier alpha value is -1.82. The van der Waals surface area contributed by atoms with Crippen LogP contribution in [0.25, 0.3) is 0 Å². The third-order valence-corrected chi connectivity index (χ3v) is 4.04. The van der Waals surface area contributed by atoms with Gasteiger partial charge in [-0.2, -0.15) is 0 Å². The van der Waals surface area contributed by atoms with Crippen molar-refractivity contribution in [2.24, 2.45) is 5.92 Å². The number of nitrogens with one attached hydrogen (secondary N) is 1. The van der Waals surface area contributed by atoms with Crippen LogP contribution >= 0.6 is 0 Å². The number of rotatable bonds is 3. The quantitative estimate of drug-likeness (QED) is 0.839. The fraction of sp³-hybridized carbons (Fsp3) is 0.538. The standard InChI is InChI=1S/C13H16N2O4/c16-12-8-2-1-4-15(10(8)6-14-12)7-11-9(13(17)18)3-5-19-11/h3,5,8,10H,1-2,4,6-7H2,(H,14,16)(H,17,18). The lowest BCUT2D eigenvalue weighted by Gasteiger charge is -2.35. The molecule has 6 nitrogen and oxygen atoms in total. The molecule has 0 aliphatic carbocycles. The van der Waals surface area contributed by atoms with E-state index in [-0.39, 0.29) is 23.4 Å². The maximum atomic E-state index is 11.7. The van der Waals surface area contributed by atoms with Crippen LogP contribution in [-0.2, 0) is 11.3 Å².